The van der Waals surface area contributed by atoms with E-state index in [4.69, 9.17) is 10.5 Å². The summed E-state index contributed by atoms with van der Waals surface area (Å²) in [5, 5.41) is 42.6. The molecule has 2 aliphatic heterocycles. The van der Waals surface area contributed by atoms with E-state index in [1.165, 1.54) is 34.9 Å². The number of nitrogens with zero attached hydrogens (tertiary/aromatic N) is 3. The van der Waals surface area contributed by atoms with E-state index in [0.29, 0.717) is 15.4 Å². The molecule has 1 aromatic heterocycles. The van der Waals surface area contributed by atoms with Gasteiger partial charge in [-0.05, 0) is 32.1 Å². The fourth-order valence-electron chi connectivity index (χ4n) is 4.62. The number of nitrogen functional groups attached to an aromatic ring is 1. The number of thioether (sulfide) groups is 2. The molecule has 0 saturated carbocycles. The summed E-state index contributed by atoms with van der Waals surface area (Å²) >= 11 is 3.85. The van der Waals surface area contributed by atoms with Gasteiger partial charge >= 0.3 is 0 Å². The number of carbonyl (C=O) groups excluding carboxylic acids is 1. The number of aromatic nitrogens is 2. The second-order valence-electron chi connectivity index (χ2n) is 8.79. The van der Waals surface area contributed by atoms with Crippen molar-refractivity contribution in [3.63, 3.8) is 0 Å². The Hall–Kier alpha value is -0.380. The number of anilines is 1. The van der Waals surface area contributed by atoms with E-state index in [-0.39, 0.29) is 29.6 Å². The topological polar surface area (TPSA) is 154 Å². The lowest BCUT2D eigenvalue weighted by Crippen LogP contribution is -2.65. The van der Waals surface area contributed by atoms with Crippen LogP contribution in [0, 0.1) is 5.92 Å². The van der Waals surface area contributed by atoms with Gasteiger partial charge in [0.2, 0.25) is 11.0 Å². The number of ether oxygens (including phenoxy) is 1. The maximum atomic E-state index is 13.4. The molecule has 0 spiro atoms. The molecule has 9 atom stereocenters. The van der Waals surface area contributed by atoms with E-state index in [1.807, 2.05) is 14.0 Å². The molecular formula is C20H36ClN5O5S3. The van der Waals surface area contributed by atoms with Gasteiger partial charge in [-0.25, -0.2) is 0 Å². The van der Waals surface area contributed by atoms with Crippen LogP contribution in [0.5, 0.6) is 0 Å². The number of carbonyl (C=O) groups is 1. The first-order valence-electron chi connectivity index (χ1n) is 11.1. The van der Waals surface area contributed by atoms with Crippen molar-refractivity contribution in [2.24, 2.45) is 5.92 Å². The summed E-state index contributed by atoms with van der Waals surface area (Å²) in [5.41, 5.74) is 4.98. The van der Waals surface area contributed by atoms with Crippen LogP contribution in [-0.2, 0) is 9.53 Å². The number of aliphatic hydroxyl groups excluding tert-OH is 3. The van der Waals surface area contributed by atoms with Crippen LogP contribution in [0.3, 0.4) is 0 Å². The summed E-state index contributed by atoms with van der Waals surface area (Å²) in [6.45, 7) is 4.91. The van der Waals surface area contributed by atoms with Crippen molar-refractivity contribution in [1.29, 1.82) is 0 Å². The standard InChI is InChI=1S/C20H35N5O5S3.ClH/c1-5-6-10-7-11(25(3)8-10)17(29)22-12(9(2)32-20-24-23-19(21)33-20)16-14(27)13(26)15(28)18(30-16)31-4;/h9-16,18,26-28H,5-8H2,1-4H3,(H2,21,23)(H,22,29);1H/t9-,10+,11-,12+,13-,14+,15+,16+,18+;/m0./s1. The third kappa shape index (κ3) is 6.88. The number of nitrogens with two attached hydrogens (primary N) is 1. The quantitative estimate of drug-likeness (QED) is 0.274. The predicted octanol–water partition coefficient (Wildman–Crippen LogP) is 0.799. The number of hydrogen-bond acceptors (Lipinski definition) is 12. The Morgan fingerprint density at radius 3 is 2.62 bits per heavy atom. The van der Waals surface area contributed by atoms with E-state index in [1.54, 1.807) is 6.26 Å². The summed E-state index contributed by atoms with van der Waals surface area (Å²) < 4.78 is 6.64. The van der Waals surface area contributed by atoms with Crippen LogP contribution < -0.4 is 11.1 Å². The first kappa shape index (κ1) is 29.8. The molecule has 6 N–H and O–H groups in total. The Morgan fingerprint density at radius 1 is 1.32 bits per heavy atom. The zero-order valence-electron chi connectivity index (χ0n) is 19.7. The number of likely N-dealkylation sites (tertiary alicyclic amines) is 1. The highest BCUT2D eigenvalue weighted by Gasteiger charge is 2.49. The van der Waals surface area contributed by atoms with Crippen LogP contribution >= 0.6 is 47.3 Å². The lowest BCUT2D eigenvalue weighted by atomic mass is 9.92. The Labute approximate surface area is 219 Å². The average Bonchev–Trinajstić information content (AvgIpc) is 3.35. The van der Waals surface area contributed by atoms with Crippen molar-refractivity contribution < 1.29 is 24.9 Å². The minimum absolute atomic E-state index is 0. The zero-order valence-corrected chi connectivity index (χ0v) is 23.0. The van der Waals surface area contributed by atoms with Crippen molar-refractivity contribution in [2.75, 3.05) is 25.6 Å². The summed E-state index contributed by atoms with van der Waals surface area (Å²) in [6.07, 6.45) is -0.228. The summed E-state index contributed by atoms with van der Waals surface area (Å²) in [4.78, 5) is 15.4. The van der Waals surface area contributed by atoms with Crippen molar-refractivity contribution >= 4 is 58.3 Å². The lowest BCUT2D eigenvalue weighted by molar-refractivity contribution is -0.205. The normalized spacial score (nSPS) is 33.8. The van der Waals surface area contributed by atoms with Gasteiger partial charge in [0.05, 0.1) is 12.1 Å². The van der Waals surface area contributed by atoms with Gasteiger partial charge in [-0.2, -0.15) is 0 Å². The summed E-state index contributed by atoms with van der Waals surface area (Å²) in [7, 11) is 1.95. The fraction of sp³-hybridized carbons (Fsp3) is 0.850. The van der Waals surface area contributed by atoms with Crippen LogP contribution in [0.1, 0.15) is 33.1 Å². The van der Waals surface area contributed by atoms with Gasteiger partial charge in [0, 0.05) is 11.8 Å². The highest BCUT2D eigenvalue weighted by atomic mass is 35.5. The number of amides is 1. The molecule has 2 fully saturated rings. The van der Waals surface area contributed by atoms with Gasteiger partial charge < -0.3 is 31.1 Å². The van der Waals surface area contributed by atoms with Gasteiger partial charge in [0.25, 0.3) is 0 Å². The largest absolute Gasteiger partial charge is 0.388 e. The third-order valence-corrected chi connectivity index (χ3v) is 9.24. The smallest absolute Gasteiger partial charge is 0.237 e. The third-order valence-electron chi connectivity index (χ3n) is 6.35. The molecule has 0 aliphatic carbocycles. The number of nitrogens with one attached hydrogen (secondary N) is 1. The molecule has 0 aromatic carbocycles. The van der Waals surface area contributed by atoms with Crippen molar-refractivity contribution in [3.8, 4) is 0 Å². The molecule has 0 bridgehead atoms. The van der Waals surface area contributed by atoms with E-state index in [0.717, 1.165) is 25.8 Å². The van der Waals surface area contributed by atoms with Crippen LogP contribution in [-0.4, -0.2) is 103 Å². The van der Waals surface area contributed by atoms with Gasteiger partial charge in [-0.15, -0.1) is 34.4 Å². The van der Waals surface area contributed by atoms with Gasteiger partial charge in [-0.1, -0.05) is 43.4 Å². The summed E-state index contributed by atoms with van der Waals surface area (Å²) in [5.74, 6) is 0.335. The molecule has 14 heteroatoms. The molecule has 2 aliphatic rings. The second-order valence-corrected chi connectivity index (χ2v) is 12.4. The number of rotatable bonds is 9. The fourth-order valence-corrected chi connectivity index (χ4v) is 7.32. The average molecular weight is 558 g/mol. The molecule has 2 saturated heterocycles. The molecule has 3 heterocycles. The van der Waals surface area contributed by atoms with Crippen LogP contribution in [0.2, 0.25) is 0 Å². The minimum Gasteiger partial charge on any atom is -0.388 e. The molecule has 3 rings (SSSR count). The Kier molecular flexibility index (Phi) is 11.6. The molecule has 196 valence electrons. The summed E-state index contributed by atoms with van der Waals surface area (Å²) in [6, 6.07) is -0.927. The molecule has 1 amide bonds. The van der Waals surface area contributed by atoms with E-state index in [9.17, 15) is 20.1 Å². The SMILES string of the molecule is CCC[C@@H]1C[C@@H](C(=O)N[C@@H]([C@H]2O[C@H](SC)[C@H](O)[C@@H](O)[C@H]2O)[C@H](C)Sc2nnc(N)s2)N(C)C1.Cl. The first-order chi connectivity index (χ1) is 15.7. The van der Waals surface area contributed by atoms with Gasteiger partial charge in [0.15, 0.2) is 4.34 Å². The monoisotopic (exact) mass is 557 g/mol. The van der Waals surface area contributed by atoms with Crippen LogP contribution in [0.4, 0.5) is 5.13 Å². The molecular weight excluding hydrogens is 522 g/mol. The first-order valence-corrected chi connectivity index (χ1v) is 14.1. The Morgan fingerprint density at radius 2 is 2.03 bits per heavy atom. The molecule has 34 heavy (non-hydrogen) atoms. The minimum atomic E-state index is -1.39. The van der Waals surface area contributed by atoms with Crippen LogP contribution in [0.25, 0.3) is 0 Å². The van der Waals surface area contributed by atoms with E-state index >= 15 is 0 Å². The maximum Gasteiger partial charge on any atom is 0.237 e. The molecule has 0 unspecified atom stereocenters. The number of halogens is 1. The lowest BCUT2D eigenvalue weighted by Gasteiger charge is -2.44. The zero-order chi connectivity index (χ0) is 24.3. The molecule has 0 radical (unpaired) electrons. The number of likely N-dealkylation sites (N-methyl/N-ethyl adjacent to an activating group) is 1. The number of aliphatic hydroxyl groups is 3. The predicted molar refractivity (Wildman–Crippen MR) is 138 cm³/mol. The molecule has 10 nitrogen and oxygen atoms in total. The van der Waals surface area contributed by atoms with Crippen LogP contribution in [0.15, 0.2) is 4.34 Å². The molecule has 1 aromatic rings. The Bertz CT molecular complexity index is 794. The second kappa shape index (κ2) is 13.2. The van der Waals surface area contributed by atoms with Gasteiger partial charge in [-0.3, -0.25) is 9.69 Å². The van der Waals surface area contributed by atoms with E-state index in [2.05, 4.69) is 27.3 Å². The maximum absolute atomic E-state index is 13.4. The number of hydrogen-bond donors (Lipinski definition) is 5. The van der Waals surface area contributed by atoms with E-state index < -0.39 is 35.9 Å². The Balaban J connectivity index is 0.00000408. The van der Waals surface area contributed by atoms with Crippen molar-refractivity contribution in [2.45, 2.75) is 84.6 Å². The highest BCUT2D eigenvalue weighted by molar-refractivity contribution is 8.01. The van der Waals surface area contributed by atoms with Gasteiger partial charge in [0.1, 0.15) is 29.9 Å². The highest BCUT2D eigenvalue weighted by Crippen LogP contribution is 2.35. The van der Waals surface area contributed by atoms with Crippen molar-refractivity contribution in [3.05, 3.63) is 0 Å². The van der Waals surface area contributed by atoms with Crippen molar-refractivity contribution in [1.82, 2.24) is 20.4 Å².